The topological polar surface area (TPSA) is 110 Å². The number of benzene rings is 1. The lowest BCUT2D eigenvalue weighted by molar-refractivity contribution is 0.100. The predicted molar refractivity (Wildman–Crippen MR) is 100 cm³/mol. The van der Waals surface area contributed by atoms with Crippen LogP contribution in [0.5, 0.6) is 0 Å². The molecular formula is C19H20N6O2. The van der Waals surface area contributed by atoms with Crippen LogP contribution in [0.15, 0.2) is 36.7 Å². The third-order valence-electron chi connectivity index (χ3n) is 4.60. The van der Waals surface area contributed by atoms with Gasteiger partial charge in [-0.3, -0.25) is 4.79 Å². The van der Waals surface area contributed by atoms with Gasteiger partial charge in [0.2, 0.25) is 5.91 Å². The van der Waals surface area contributed by atoms with Crippen LogP contribution in [0.1, 0.15) is 27.4 Å². The Labute approximate surface area is 156 Å². The summed E-state index contributed by atoms with van der Waals surface area (Å²) in [6.45, 7) is 2.00. The highest BCUT2D eigenvalue weighted by atomic mass is 16.5. The SMILES string of the molecule is COCc1cc(N2CCc3nc(-c4ccc(C(N)=O)cc4)[nH]c3C2)ncn1. The number of hydrogen-bond donors (Lipinski definition) is 2. The highest BCUT2D eigenvalue weighted by Gasteiger charge is 2.22. The van der Waals surface area contributed by atoms with E-state index in [1.807, 2.05) is 18.2 Å². The third-order valence-corrected chi connectivity index (χ3v) is 4.60. The van der Waals surface area contributed by atoms with Crippen LogP contribution in [0.4, 0.5) is 5.82 Å². The minimum atomic E-state index is -0.436. The van der Waals surface area contributed by atoms with Gasteiger partial charge in [-0.15, -0.1) is 0 Å². The summed E-state index contributed by atoms with van der Waals surface area (Å²) in [5.41, 5.74) is 9.69. The summed E-state index contributed by atoms with van der Waals surface area (Å²) in [5, 5.41) is 0. The second-order valence-electron chi connectivity index (χ2n) is 6.42. The minimum Gasteiger partial charge on any atom is -0.378 e. The molecule has 27 heavy (non-hydrogen) atoms. The lowest BCUT2D eigenvalue weighted by Gasteiger charge is -2.27. The molecule has 4 rings (SSSR count). The molecule has 0 spiro atoms. The second-order valence-corrected chi connectivity index (χ2v) is 6.42. The minimum absolute atomic E-state index is 0.436. The molecule has 0 radical (unpaired) electrons. The van der Waals surface area contributed by atoms with Crippen LogP contribution in [0.3, 0.4) is 0 Å². The number of carbonyl (C=O) groups is 1. The van der Waals surface area contributed by atoms with Crippen molar-refractivity contribution >= 4 is 11.7 Å². The van der Waals surface area contributed by atoms with Crippen LogP contribution in [0.25, 0.3) is 11.4 Å². The molecular weight excluding hydrogens is 344 g/mol. The molecule has 3 heterocycles. The van der Waals surface area contributed by atoms with Crippen LogP contribution in [0.2, 0.25) is 0 Å². The van der Waals surface area contributed by atoms with Crippen molar-refractivity contribution in [3.05, 3.63) is 59.3 Å². The molecule has 0 unspecified atom stereocenters. The maximum Gasteiger partial charge on any atom is 0.248 e. The van der Waals surface area contributed by atoms with Gasteiger partial charge < -0.3 is 20.4 Å². The molecule has 3 aromatic rings. The van der Waals surface area contributed by atoms with Crippen LogP contribution < -0.4 is 10.6 Å². The lowest BCUT2D eigenvalue weighted by Crippen LogP contribution is -2.31. The molecule has 0 saturated carbocycles. The monoisotopic (exact) mass is 364 g/mol. The van der Waals surface area contributed by atoms with Crippen molar-refractivity contribution in [2.45, 2.75) is 19.6 Å². The van der Waals surface area contributed by atoms with Gasteiger partial charge in [0.15, 0.2) is 0 Å². The molecule has 138 valence electrons. The van der Waals surface area contributed by atoms with E-state index in [2.05, 4.69) is 19.9 Å². The molecule has 0 fully saturated rings. The van der Waals surface area contributed by atoms with Gasteiger partial charge in [0.05, 0.1) is 30.2 Å². The Morgan fingerprint density at radius 3 is 2.85 bits per heavy atom. The van der Waals surface area contributed by atoms with Crippen molar-refractivity contribution in [3.63, 3.8) is 0 Å². The van der Waals surface area contributed by atoms with E-state index in [-0.39, 0.29) is 0 Å². The number of rotatable bonds is 5. The zero-order valence-electron chi connectivity index (χ0n) is 15.0. The van der Waals surface area contributed by atoms with Gasteiger partial charge in [-0.1, -0.05) is 12.1 Å². The Balaban J connectivity index is 1.55. The number of methoxy groups -OCH3 is 1. The van der Waals surface area contributed by atoms with Gasteiger partial charge in [0, 0.05) is 37.3 Å². The number of nitrogens with one attached hydrogen (secondary N) is 1. The number of aromatic nitrogens is 4. The van der Waals surface area contributed by atoms with Crippen LogP contribution in [0, 0.1) is 0 Å². The predicted octanol–water partition coefficient (Wildman–Crippen LogP) is 1.67. The molecule has 3 N–H and O–H groups in total. The first-order valence-corrected chi connectivity index (χ1v) is 8.67. The molecule has 8 heteroatoms. The van der Waals surface area contributed by atoms with E-state index in [0.717, 1.165) is 47.3 Å². The van der Waals surface area contributed by atoms with Gasteiger partial charge in [0.1, 0.15) is 18.0 Å². The number of imidazole rings is 1. The largest absolute Gasteiger partial charge is 0.378 e. The summed E-state index contributed by atoms with van der Waals surface area (Å²) in [6.07, 6.45) is 2.40. The summed E-state index contributed by atoms with van der Waals surface area (Å²) in [5.74, 6) is 1.24. The molecule has 0 aliphatic carbocycles. The third kappa shape index (κ3) is 3.52. The first-order valence-electron chi connectivity index (χ1n) is 8.67. The van der Waals surface area contributed by atoms with Crippen molar-refractivity contribution in [2.24, 2.45) is 5.73 Å². The van der Waals surface area contributed by atoms with E-state index in [1.54, 1.807) is 25.6 Å². The summed E-state index contributed by atoms with van der Waals surface area (Å²) >= 11 is 0. The number of ether oxygens (including phenoxy) is 1. The van der Waals surface area contributed by atoms with Crippen molar-refractivity contribution in [3.8, 4) is 11.4 Å². The fourth-order valence-corrected chi connectivity index (χ4v) is 3.20. The molecule has 1 aliphatic rings. The summed E-state index contributed by atoms with van der Waals surface area (Å²) in [6, 6.07) is 9.08. The fraction of sp³-hybridized carbons (Fsp3) is 0.263. The number of nitrogens with zero attached hydrogens (tertiary/aromatic N) is 4. The van der Waals surface area contributed by atoms with E-state index in [4.69, 9.17) is 15.5 Å². The van der Waals surface area contributed by atoms with Gasteiger partial charge in [-0.05, 0) is 12.1 Å². The number of anilines is 1. The fourth-order valence-electron chi connectivity index (χ4n) is 3.20. The van der Waals surface area contributed by atoms with Crippen LogP contribution in [-0.4, -0.2) is 39.5 Å². The maximum absolute atomic E-state index is 11.2. The van der Waals surface area contributed by atoms with Crippen LogP contribution >= 0.6 is 0 Å². The second kappa shape index (κ2) is 7.16. The van der Waals surface area contributed by atoms with Crippen molar-refractivity contribution in [2.75, 3.05) is 18.6 Å². The highest BCUT2D eigenvalue weighted by Crippen LogP contribution is 2.25. The number of primary amides is 1. The number of amides is 1. The average molecular weight is 364 g/mol. The van der Waals surface area contributed by atoms with E-state index in [1.165, 1.54) is 0 Å². The number of H-pyrrole nitrogens is 1. The average Bonchev–Trinajstić information content (AvgIpc) is 3.12. The number of aromatic amines is 1. The lowest BCUT2D eigenvalue weighted by atomic mass is 10.1. The molecule has 1 amide bonds. The zero-order chi connectivity index (χ0) is 18.8. The van der Waals surface area contributed by atoms with E-state index in [9.17, 15) is 4.79 Å². The first kappa shape index (κ1) is 17.2. The van der Waals surface area contributed by atoms with Gasteiger partial charge in [0.25, 0.3) is 0 Å². The van der Waals surface area contributed by atoms with Gasteiger partial charge in [-0.25, -0.2) is 15.0 Å². The Morgan fingerprint density at radius 2 is 2.11 bits per heavy atom. The molecule has 8 nitrogen and oxygen atoms in total. The number of fused-ring (bicyclic) bond motifs is 1. The molecule has 0 atom stereocenters. The Hall–Kier alpha value is -3.26. The normalized spacial score (nSPS) is 13.4. The summed E-state index contributed by atoms with van der Waals surface area (Å²) in [7, 11) is 1.65. The van der Waals surface area contributed by atoms with E-state index >= 15 is 0 Å². The highest BCUT2D eigenvalue weighted by molar-refractivity contribution is 5.93. The van der Waals surface area contributed by atoms with Gasteiger partial charge in [-0.2, -0.15) is 0 Å². The number of hydrogen-bond acceptors (Lipinski definition) is 6. The first-order chi connectivity index (χ1) is 13.1. The summed E-state index contributed by atoms with van der Waals surface area (Å²) in [4.78, 5) is 30.1. The smallest absolute Gasteiger partial charge is 0.248 e. The van der Waals surface area contributed by atoms with Crippen molar-refractivity contribution < 1.29 is 9.53 Å². The quantitative estimate of drug-likeness (QED) is 0.713. The Morgan fingerprint density at radius 1 is 1.30 bits per heavy atom. The zero-order valence-corrected chi connectivity index (χ0v) is 15.0. The Bertz CT molecular complexity index is 967. The molecule has 2 aromatic heterocycles. The van der Waals surface area contributed by atoms with Crippen LogP contribution in [-0.2, 0) is 24.3 Å². The number of nitrogens with two attached hydrogens (primary N) is 1. The van der Waals surface area contributed by atoms with Gasteiger partial charge >= 0.3 is 0 Å². The molecule has 0 saturated heterocycles. The van der Waals surface area contributed by atoms with Crippen molar-refractivity contribution in [1.29, 1.82) is 0 Å². The molecule has 0 bridgehead atoms. The summed E-state index contributed by atoms with van der Waals surface area (Å²) < 4.78 is 5.15. The standard InChI is InChI=1S/C19H20N6O2/c1-27-10-14-8-17(22-11-21-14)25-7-6-15-16(9-25)24-19(23-15)13-4-2-12(3-5-13)18(20)26/h2-5,8,11H,6-7,9-10H2,1H3,(H2,20,26)(H,23,24). The molecule has 1 aliphatic heterocycles. The maximum atomic E-state index is 11.2. The van der Waals surface area contributed by atoms with E-state index in [0.29, 0.717) is 18.7 Å². The Kier molecular flexibility index (Phi) is 4.55. The van der Waals surface area contributed by atoms with Crippen molar-refractivity contribution in [1.82, 2.24) is 19.9 Å². The number of carbonyl (C=O) groups excluding carboxylic acids is 1. The van der Waals surface area contributed by atoms with E-state index < -0.39 is 5.91 Å². The molecule has 1 aromatic carbocycles.